The van der Waals surface area contributed by atoms with Crippen molar-refractivity contribution in [2.45, 2.75) is 43.0 Å². The van der Waals surface area contributed by atoms with E-state index in [1.54, 1.807) is 28.8 Å². The van der Waals surface area contributed by atoms with Gasteiger partial charge in [0, 0.05) is 17.9 Å². The second-order valence-corrected chi connectivity index (χ2v) is 8.39. The predicted molar refractivity (Wildman–Crippen MR) is 119 cm³/mol. The van der Waals surface area contributed by atoms with Gasteiger partial charge >= 0.3 is 12.6 Å². The van der Waals surface area contributed by atoms with E-state index in [4.69, 9.17) is 9.47 Å². The zero-order valence-electron chi connectivity index (χ0n) is 17.8. The minimum atomic E-state index is -2.94. The summed E-state index contributed by atoms with van der Waals surface area (Å²) >= 11 is 1.23. The molecule has 0 unspecified atom stereocenters. The van der Waals surface area contributed by atoms with Gasteiger partial charge in [-0.05, 0) is 37.1 Å². The van der Waals surface area contributed by atoms with Crippen LogP contribution in [0.4, 0.5) is 8.78 Å². The topological polar surface area (TPSA) is 79.7 Å². The first-order valence-electron chi connectivity index (χ1n) is 10.4. The Morgan fingerprint density at radius 1 is 1.30 bits per heavy atom. The Hall–Kier alpha value is -2.98. The molecule has 1 atom stereocenters. The molecule has 7 nitrogen and oxygen atoms in total. The number of rotatable bonds is 8. The molecule has 0 amide bonds. The van der Waals surface area contributed by atoms with E-state index in [1.807, 2.05) is 0 Å². The van der Waals surface area contributed by atoms with E-state index in [1.165, 1.54) is 37.1 Å². The van der Waals surface area contributed by atoms with Crippen LogP contribution < -0.4 is 10.3 Å². The van der Waals surface area contributed by atoms with Crippen molar-refractivity contribution in [3.05, 3.63) is 63.9 Å². The van der Waals surface area contributed by atoms with E-state index in [2.05, 4.69) is 9.72 Å². The SMILES string of the molecule is COC(=O)c1ccc2c(=O)n(C[C@H]3CCCO3)c(SCc3ccccc3OC(F)F)nc2c1. The van der Waals surface area contributed by atoms with Crippen LogP contribution in [0.1, 0.15) is 28.8 Å². The lowest BCUT2D eigenvalue weighted by molar-refractivity contribution is -0.0503. The van der Waals surface area contributed by atoms with Gasteiger partial charge in [0.05, 0.1) is 36.2 Å². The molecule has 1 aromatic heterocycles. The predicted octanol–water partition coefficient (Wildman–Crippen LogP) is 4.26. The number of alkyl halides is 2. The lowest BCUT2D eigenvalue weighted by Crippen LogP contribution is -2.29. The van der Waals surface area contributed by atoms with Crippen molar-refractivity contribution in [2.75, 3.05) is 13.7 Å². The Kier molecular flexibility index (Phi) is 7.24. The molecule has 0 aliphatic carbocycles. The summed E-state index contributed by atoms with van der Waals surface area (Å²) in [6, 6.07) is 11.1. The molecule has 0 N–H and O–H groups in total. The summed E-state index contributed by atoms with van der Waals surface area (Å²) in [4.78, 5) is 29.9. The lowest BCUT2D eigenvalue weighted by Gasteiger charge is -2.17. The second kappa shape index (κ2) is 10.3. The number of nitrogens with zero attached hydrogens (tertiary/aromatic N) is 2. The molecule has 0 saturated carbocycles. The Balaban J connectivity index is 1.72. The van der Waals surface area contributed by atoms with Gasteiger partial charge < -0.3 is 14.2 Å². The van der Waals surface area contributed by atoms with Crippen molar-refractivity contribution in [1.29, 1.82) is 0 Å². The van der Waals surface area contributed by atoms with Crippen LogP contribution in [0.15, 0.2) is 52.4 Å². The number of methoxy groups -OCH3 is 1. The first-order chi connectivity index (χ1) is 16.0. The first kappa shape index (κ1) is 23.2. The van der Waals surface area contributed by atoms with Crippen molar-refractivity contribution < 1.29 is 27.8 Å². The summed E-state index contributed by atoms with van der Waals surface area (Å²) in [6.45, 7) is -1.97. The second-order valence-electron chi connectivity index (χ2n) is 7.44. The van der Waals surface area contributed by atoms with E-state index in [9.17, 15) is 18.4 Å². The summed E-state index contributed by atoms with van der Waals surface area (Å²) in [5.41, 5.74) is 0.919. The van der Waals surface area contributed by atoms with Crippen LogP contribution >= 0.6 is 11.8 Å². The number of ether oxygens (including phenoxy) is 3. The summed E-state index contributed by atoms with van der Waals surface area (Å²) in [6.07, 6.45) is 1.65. The molecule has 174 valence electrons. The molecule has 1 fully saturated rings. The third kappa shape index (κ3) is 5.33. The summed E-state index contributed by atoms with van der Waals surface area (Å²) in [7, 11) is 1.28. The zero-order chi connectivity index (χ0) is 23.4. The summed E-state index contributed by atoms with van der Waals surface area (Å²) in [5, 5.41) is 0.767. The molecular weight excluding hydrogens is 454 g/mol. The number of hydrogen-bond acceptors (Lipinski definition) is 7. The van der Waals surface area contributed by atoms with Crippen molar-refractivity contribution in [3.8, 4) is 5.75 Å². The molecule has 0 bridgehead atoms. The quantitative estimate of drug-likeness (QED) is 0.273. The molecule has 1 aliphatic heterocycles. The smallest absolute Gasteiger partial charge is 0.387 e. The van der Waals surface area contributed by atoms with E-state index in [0.717, 1.165) is 12.8 Å². The molecule has 0 radical (unpaired) electrons. The molecule has 1 aliphatic rings. The first-order valence-corrected chi connectivity index (χ1v) is 11.3. The highest BCUT2D eigenvalue weighted by atomic mass is 32.2. The number of fused-ring (bicyclic) bond motifs is 1. The highest BCUT2D eigenvalue weighted by Crippen LogP contribution is 2.29. The minimum absolute atomic E-state index is 0.0711. The Morgan fingerprint density at radius 2 is 2.12 bits per heavy atom. The highest BCUT2D eigenvalue weighted by molar-refractivity contribution is 7.98. The fraction of sp³-hybridized carbons (Fsp3) is 0.348. The molecule has 2 heterocycles. The van der Waals surface area contributed by atoms with Gasteiger partial charge in [0.25, 0.3) is 5.56 Å². The molecular formula is C23H22F2N2O5S. The number of carbonyl (C=O) groups excluding carboxylic acids is 1. The number of halogens is 2. The van der Waals surface area contributed by atoms with Crippen LogP contribution in [-0.2, 0) is 21.8 Å². The van der Waals surface area contributed by atoms with Gasteiger partial charge in [-0.2, -0.15) is 8.78 Å². The Labute approximate surface area is 192 Å². The van der Waals surface area contributed by atoms with Crippen molar-refractivity contribution in [2.24, 2.45) is 0 Å². The number of aromatic nitrogens is 2. The van der Waals surface area contributed by atoms with Crippen LogP contribution in [0.5, 0.6) is 5.75 Å². The largest absolute Gasteiger partial charge is 0.465 e. The fourth-order valence-electron chi connectivity index (χ4n) is 3.68. The van der Waals surface area contributed by atoms with E-state index in [0.29, 0.717) is 34.8 Å². The number of para-hydroxylation sites is 1. The molecule has 2 aromatic carbocycles. The molecule has 0 spiro atoms. The van der Waals surface area contributed by atoms with E-state index >= 15 is 0 Å². The van der Waals surface area contributed by atoms with Gasteiger partial charge in [-0.25, -0.2) is 9.78 Å². The van der Waals surface area contributed by atoms with Gasteiger partial charge in [0.15, 0.2) is 5.16 Å². The van der Waals surface area contributed by atoms with Crippen LogP contribution in [0, 0.1) is 0 Å². The maximum atomic E-state index is 13.3. The van der Waals surface area contributed by atoms with Crippen molar-refractivity contribution in [1.82, 2.24) is 9.55 Å². The van der Waals surface area contributed by atoms with Crippen LogP contribution in [0.25, 0.3) is 10.9 Å². The normalized spacial score (nSPS) is 15.8. The lowest BCUT2D eigenvalue weighted by atomic mass is 10.1. The number of esters is 1. The van der Waals surface area contributed by atoms with Gasteiger partial charge in [-0.15, -0.1) is 0 Å². The summed E-state index contributed by atoms with van der Waals surface area (Å²) in [5.74, 6) is -0.209. The molecule has 10 heteroatoms. The fourth-order valence-corrected chi connectivity index (χ4v) is 4.68. The molecule has 3 aromatic rings. The summed E-state index contributed by atoms with van der Waals surface area (Å²) < 4.78 is 42.2. The van der Waals surface area contributed by atoms with E-state index in [-0.39, 0.29) is 28.7 Å². The van der Waals surface area contributed by atoms with Gasteiger partial charge in [-0.3, -0.25) is 9.36 Å². The van der Waals surface area contributed by atoms with Crippen molar-refractivity contribution in [3.63, 3.8) is 0 Å². The number of thioether (sulfide) groups is 1. The maximum Gasteiger partial charge on any atom is 0.387 e. The van der Waals surface area contributed by atoms with Gasteiger partial charge in [0.1, 0.15) is 5.75 Å². The third-order valence-corrected chi connectivity index (χ3v) is 6.32. The number of benzene rings is 2. The number of carbonyl (C=O) groups is 1. The molecule has 1 saturated heterocycles. The van der Waals surface area contributed by atoms with Gasteiger partial charge in [0.2, 0.25) is 0 Å². The van der Waals surface area contributed by atoms with Crippen molar-refractivity contribution >= 4 is 28.6 Å². The van der Waals surface area contributed by atoms with Crippen LogP contribution in [0.2, 0.25) is 0 Å². The Morgan fingerprint density at radius 3 is 2.85 bits per heavy atom. The average molecular weight is 477 g/mol. The third-order valence-electron chi connectivity index (χ3n) is 5.30. The standard InChI is InChI=1S/C23H22F2N2O5S/c1-30-21(29)14-8-9-17-18(11-14)26-23(27(20(17)28)12-16-6-4-10-31-16)33-13-15-5-2-3-7-19(15)32-22(24)25/h2-3,5,7-9,11,16,22H,4,6,10,12-13H2,1H3/t16-/m1/s1. The minimum Gasteiger partial charge on any atom is -0.465 e. The van der Waals surface area contributed by atoms with Crippen LogP contribution in [0.3, 0.4) is 0 Å². The average Bonchev–Trinajstić information content (AvgIpc) is 3.32. The highest BCUT2D eigenvalue weighted by Gasteiger charge is 2.21. The zero-order valence-corrected chi connectivity index (χ0v) is 18.6. The Bertz CT molecular complexity index is 1210. The maximum absolute atomic E-state index is 13.3. The number of hydrogen-bond donors (Lipinski definition) is 0. The van der Waals surface area contributed by atoms with Crippen LogP contribution in [-0.4, -0.2) is 42.0 Å². The van der Waals surface area contributed by atoms with E-state index < -0.39 is 12.6 Å². The monoisotopic (exact) mass is 476 g/mol. The molecule has 4 rings (SSSR count). The van der Waals surface area contributed by atoms with Gasteiger partial charge in [-0.1, -0.05) is 30.0 Å². The molecule has 33 heavy (non-hydrogen) atoms.